The van der Waals surface area contributed by atoms with Gasteiger partial charge in [0, 0.05) is 20.1 Å². The molecule has 0 spiro atoms. The summed E-state index contributed by atoms with van der Waals surface area (Å²) in [5.74, 6) is 1.06. The van der Waals surface area contributed by atoms with E-state index in [1.165, 1.54) is 12.8 Å². The van der Waals surface area contributed by atoms with Crippen LogP contribution in [0.15, 0.2) is 0 Å². The van der Waals surface area contributed by atoms with Gasteiger partial charge in [0.05, 0.1) is 5.69 Å². The number of nitrogens with two attached hydrogens (primary N) is 1. The van der Waals surface area contributed by atoms with Crippen molar-refractivity contribution in [1.82, 2.24) is 15.1 Å². The van der Waals surface area contributed by atoms with Gasteiger partial charge in [-0.3, -0.25) is 9.48 Å². The Labute approximate surface area is 120 Å². The Morgan fingerprint density at radius 1 is 1.60 bits per heavy atom. The molecule has 0 radical (unpaired) electrons. The molecule has 112 valence electrons. The number of aryl methyl sites for hydroxylation is 2. The highest BCUT2D eigenvalue weighted by molar-refractivity contribution is 5.99. The van der Waals surface area contributed by atoms with E-state index < -0.39 is 5.91 Å². The fraction of sp³-hybridized carbons (Fsp3) is 0.714. The molecule has 0 bridgehead atoms. The van der Waals surface area contributed by atoms with Crippen LogP contribution in [0.1, 0.15) is 35.8 Å². The summed E-state index contributed by atoms with van der Waals surface area (Å²) in [5.41, 5.74) is 6.78. The number of amides is 1. The zero-order valence-corrected chi connectivity index (χ0v) is 12.6. The van der Waals surface area contributed by atoms with E-state index in [4.69, 9.17) is 5.73 Å². The number of carbonyl (C=O) groups is 1. The summed E-state index contributed by atoms with van der Waals surface area (Å²) < 4.78 is 1.77. The Hall–Kier alpha value is -1.56. The monoisotopic (exact) mass is 279 g/mol. The predicted molar refractivity (Wildman–Crippen MR) is 79.9 cm³/mol. The Morgan fingerprint density at radius 3 is 2.90 bits per heavy atom. The molecule has 1 aliphatic rings. The van der Waals surface area contributed by atoms with E-state index in [9.17, 15) is 4.79 Å². The average Bonchev–Trinajstić information content (AvgIpc) is 2.72. The second kappa shape index (κ2) is 6.26. The first-order chi connectivity index (χ1) is 9.54. The number of hydrogen-bond donors (Lipinski definition) is 2. The normalized spacial score (nSPS) is 19.1. The number of aromatic nitrogens is 2. The highest BCUT2D eigenvalue weighted by atomic mass is 16.1. The van der Waals surface area contributed by atoms with Crippen LogP contribution < -0.4 is 16.0 Å². The number of hydrogen-bond acceptors (Lipinski definition) is 4. The minimum absolute atomic E-state index is 0.397. The highest BCUT2D eigenvalue weighted by Gasteiger charge is 2.24. The summed E-state index contributed by atoms with van der Waals surface area (Å²) in [6.07, 6.45) is 2.45. The summed E-state index contributed by atoms with van der Waals surface area (Å²) in [7, 11) is 1.87. The predicted octanol–water partition coefficient (Wildman–Crippen LogP) is 0.653. The number of nitrogens with one attached hydrogen (secondary N) is 1. The summed E-state index contributed by atoms with van der Waals surface area (Å²) >= 11 is 0. The molecule has 0 aromatic carbocycles. The van der Waals surface area contributed by atoms with Gasteiger partial charge in [-0.25, -0.2) is 0 Å². The van der Waals surface area contributed by atoms with Crippen molar-refractivity contribution in [2.45, 2.75) is 26.7 Å². The largest absolute Gasteiger partial charge is 0.365 e. The van der Waals surface area contributed by atoms with E-state index in [0.29, 0.717) is 17.2 Å². The first-order valence-corrected chi connectivity index (χ1v) is 7.33. The van der Waals surface area contributed by atoms with E-state index in [1.54, 1.807) is 4.68 Å². The van der Waals surface area contributed by atoms with Crippen LogP contribution in [0.3, 0.4) is 0 Å². The Bertz CT molecular complexity index is 476. The van der Waals surface area contributed by atoms with Crippen LogP contribution in [0.25, 0.3) is 0 Å². The maximum Gasteiger partial charge on any atom is 0.254 e. The SMILES string of the molecule is CCN(CC1CCCNC1)c1c(C(N)=O)c(C)nn1C. The van der Waals surface area contributed by atoms with Gasteiger partial charge in [0.2, 0.25) is 0 Å². The molecule has 3 N–H and O–H groups in total. The third kappa shape index (κ3) is 2.95. The summed E-state index contributed by atoms with van der Waals surface area (Å²) in [6, 6.07) is 0. The van der Waals surface area contributed by atoms with Crippen molar-refractivity contribution in [3.05, 3.63) is 11.3 Å². The molecule has 6 nitrogen and oxygen atoms in total. The smallest absolute Gasteiger partial charge is 0.254 e. The molecule has 1 unspecified atom stereocenters. The van der Waals surface area contributed by atoms with Gasteiger partial charge in [0.15, 0.2) is 0 Å². The van der Waals surface area contributed by atoms with Crippen LogP contribution in [0.5, 0.6) is 0 Å². The lowest BCUT2D eigenvalue weighted by atomic mass is 9.99. The third-order valence-electron chi connectivity index (χ3n) is 4.00. The fourth-order valence-corrected chi connectivity index (χ4v) is 3.05. The van der Waals surface area contributed by atoms with Gasteiger partial charge in [-0.1, -0.05) is 0 Å². The zero-order chi connectivity index (χ0) is 14.7. The number of rotatable bonds is 5. The van der Waals surface area contributed by atoms with Gasteiger partial charge in [-0.05, 0) is 45.7 Å². The minimum Gasteiger partial charge on any atom is -0.365 e. The zero-order valence-electron chi connectivity index (χ0n) is 12.6. The molecule has 1 saturated heterocycles. The number of primary amides is 1. The Kier molecular flexibility index (Phi) is 4.65. The van der Waals surface area contributed by atoms with Crippen molar-refractivity contribution < 1.29 is 4.79 Å². The van der Waals surface area contributed by atoms with Gasteiger partial charge >= 0.3 is 0 Å². The van der Waals surface area contributed by atoms with Crippen molar-refractivity contribution in [3.63, 3.8) is 0 Å². The van der Waals surface area contributed by atoms with Crippen LogP contribution >= 0.6 is 0 Å². The maximum atomic E-state index is 11.7. The van der Waals surface area contributed by atoms with Gasteiger partial charge in [0.25, 0.3) is 5.91 Å². The molecule has 2 heterocycles. The molecule has 1 atom stereocenters. The fourth-order valence-electron chi connectivity index (χ4n) is 3.05. The lowest BCUT2D eigenvalue weighted by Gasteiger charge is -2.31. The van der Waals surface area contributed by atoms with Crippen LogP contribution in [0.4, 0.5) is 5.82 Å². The van der Waals surface area contributed by atoms with Gasteiger partial charge in [-0.2, -0.15) is 5.10 Å². The molecule has 0 saturated carbocycles. The number of carbonyl (C=O) groups excluding carboxylic acids is 1. The van der Waals surface area contributed by atoms with Crippen LogP contribution in [0.2, 0.25) is 0 Å². The molecular formula is C14H25N5O. The average molecular weight is 279 g/mol. The van der Waals surface area contributed by atoms with Crippen molar-refractivity contribution in [3.8, 4) is 0 Å². The molecule has 0 aliphatic carbocycles. The molecule has 1 amide bonds. The lowest BCUT2D eigenvalue weighted by molar-refractivity contribution is 0.1000. The number of nitrogens with zero attached hydrogens (tertiary/aromatic N) is 3. The molecule has 1 aliphatic heterocycles. The quantitative estimate of drug-likeness (QED) is 0.830. The standard InChI is InChI=1S/C14H25N5O/c1-4-19(9-11-6-5-7-16-8-11)14-12(13(15)20)10(2)17-18(14)3/h11,16H,4-9H2,1-3H3,(H2,15,20). The third-order valence-corrected chi connectivity index (χ3v) is 4.00. The topological polar surface area (TPSA) is 76.2 Å². The Morgan fingerprint density at radius 2 is 2.35 bits per heavy atom. The van der Waals surface area contributed by atoms with E-state index in [-0.39, 0.29) is 0 Å². The van der Waals surface area contributed by atoms with Crippen molar-refractivity contribution in [2.75, 3.05) is 31.1 Å². The second-order valence-electron chi connectivity index (χ2n) is 5.52. The lowest BCUT2D eigenvalue weighted by Crippen LogP contribution is -2.39. The van der Waals surface area contributed by atoms with E-state index >= 15 is 0 Å². The van der Waals surface area contributed by atoms with Gasteiger partial charge in [0.1, 0.15) is 11.4 Å². The van der Waals surface area contributed by atoms with Gasteiger partial charge < -0.3 is 16.0 Å². The van der Waals surface area contributed by atoms with Crippen LogP contribution in [0, 0.1) is 12.8 Å². The number of anilines is 1. The summed E-state index contributed by atoms with van der Waals surface area (Å²) in [4.78, 5) is 13.9. The van der Waals surface area contributed by atoms with Crippen LogP contribution in [-0.2, 0) is 7.05 Å². The molecule has 2 rings (SSSR count). The molecule has 20 heavy (non-hydrogen) atoms. The van der Waals surface area contributed by atoms with Crippen LogP contribution in [-0.4, -0.2) is 41.9 Å². The molecule has 6 heteroatoms. The highest BCUT2D eigenvalue weighted by Crippen LogP contribution is 2.24. The van der Waals surface area contributed by atoms with Crippen molar-refractivity contribution in [2.24, 2.45) is 18.7 Å². The van der Waals surface area contributed by atoms with Gasteiger partial charge in [-0.15, -0.1) is 0 Å². The molecule has 1 aromatic heterocycles. The summed E-state index contributed by atoms with van der Waals surface area (Å²) in [6.45, 7) is 7.86. The molecule has 1 fully saturated rings. The second-order valence-corrected chi connectivity index (χ2v) is 5.52. The molecular weight excluding hydrogens is 254 g/mol. The maximum absolute atomic E-state index is 11.7. The number of piperidine rings is 1. The van der Waals surface area contributed by atoms with Crippen molar-refractivity contribution >= 4 is 11.7 Å². The van der Waals surface area contributed by atoms with Crippen molar-refractivity contribution in [1.29, 1.82) is 0 Å². The summed E-state index contributed by atoms with van der Waals surface area (Å²) in [5, 5.41) is 7.78. The first kappa shape index (κ1) is 14.8. The van der Waals surface area contributed by atoms with E-state index in [0.717, 1.165) is 32.0 Å². The first-order valence-electron chi connectivity index (χ1n) is 7.33. The van der Waals surface area contributed by atoms with E-state index in [1.807, 2.05) is 14.0 Å². The molecule has 1 aromatic rings. The Balaban J connectivity index is 2.24. The minimum atomic E-state index is -0.397. The van der Waals surface area contributed by atoms with E-state index in [2.05, 4.69) is 22.2 Å².